The minimum absolute atomic E-state index is 0.197. The Morgan fingerprint density at radius 1 is 0.514 bits per heavy atom. The lowest BCUT2D eigenvalue weighted by molar-refractivity contribution is -0.513. The SMILES string of the molecule is O=C(CCCCCCCCCCCCCO)CCCCCCCCCCCCCC(O)=[NH+]CC[O-]. The van der Waals surface area contributed by atoms with Gasteiger partial charge < -0.3 is 15.3 Å². The van der Waals surface area contributed by atoms with Crippen molar-refractivity contribution in [3.63, 3.8) is 0 Å². The predicted octanol–water partition coefficient (Wildman–Crippen LogP) is 5.70. The van der Waals surface area contributed by atoms with Crippen LogP contribution in [0.15, 0.2) is 0 Å². The van der Waals surface area contributed by atoms with E-state index in [0.29, 0.717) is 25.4 Å². The van der Waals surface area contributed by atoms with Gasteiger partial charge in [0, 0.05) is 19.4 Å². The van der Waals surface area contributed by atoms with Gasteiger partial charge in [-0.15, -0.1) is 0 Å². The number of rotatable bonds is 29. The van der Waals surface area contributed by atoms with Crippen LogP contribution in [0.2, 0.25) is 0 Å². The summed E-state index contributed by atoms with van der Waals surface area (Å²) in [6, 6.07) is 0. The molecule has 0 aromatic heterocycles. The first kappa shape index (κ1) is 34.1. The zero-order valence-corrected chi connectivity index (χ0v) is 23.0. The van der Waals surface area contributed by atoms with Crippen molar-refractivity contribution in [1.82, 2.24) is 0 Å². The summed E-state index contributed by atoms with van der Waals surface area (Å²) < 4.78 is 0. The molecule has 0 spiro atoms. The summed E-state index contributed by atoms with van der Waals surface area (Å²) in [5.41, 5.74) is 0. The van der Waals surface area contributed by atoms with Gasteiger partial charge in [0.1, 0.15) is 12.3 Å². The Morgan fingerprint density at radius 2 is 0.829 bits per heavy atom. The molecule has 0 unspecified atom stereocenters. The third-order valence-electron chi connectivity index (χ3n) is 6.91. The fraction of sp³-hybridized carbons (Fsp3) is 0.933. The van der Waals surface area contributed by atoms with E-state index in [1.165, 1.54) is 109 Å². The molecular formula is C30H59NO4. The summed E-state index contributed by atoms with van der Waals surface area (Å²) >= 11 is 0. The lowest BCUT2D eigenvalue weighted by Crippen LogP contribution is -2.75. The first-order valence-corrected chi connectivity index (χ1v) is 15.2. The summed E-state index contributed by atoms with van der Waals surface area (Å²) in [7, 11) is 0. The van der Waals surface area contributed by atoms with Crippen molar-refractivity contribution in [3.05, 3.63) is 0 Å². The van der Waals surface area contributed by atoms with Crippen LogP contribution in [-0.2, 0) is 4.79 Å². The van der Waals surface area contributed by atoms with Crippen molar-refractivity contribution in [1.29, 1.82) is 0 Å². The van der Waals surface area contributed by atoms with E-state index >= 15 is 0 Å². The Morgan fingerprint density at radius 3 is 1.17 bits per heavy atom. The van der Waals surface area contributed by atoms with Crippen LogP contribution in [0.3, 0.4) is 0 Å². The minimum Gasteiger partial charge on any atom is -0.850 e. The molecule has 0 amide bonds. The highest BCUT2D eigenvalue weighted by Crippen LogP contribution is 2.15. The van der Waals surface area contributed by atoms with Gasteiger partial charge >= 0.3 is 5.90 Å². The molecule has 0 saturated heterocycles. The Bertz CT molecular complexity index is 467. The maximum absolute atomic E-state index is 12.0. The van der Waals surface area contributed by atoms with E-state index in [-0.39, 0.29) is 12.5 Å². The van der Waals surface area contributed by atoms with E-state index in [4.69, 9.17) is 5.11 Å². The van der Waals surface area contributed by atoms with E-state index in [0.717, 1.165) is 44.9 Å². The molecule has 0 aliphatic heterocycles. The first-order valence-electron chi connectivity index (χ1n) is 15.2. The van der Waals surface area contributed by atoms with Gasteiger partial charge in [0.2, 0.25) is 0 Å². The number of carbonyl (C=O) groups excluding carboxylic acids is 1. The minimum atomic E-state index is -0.197. The number of nitrogens with one attached hydrogen (secondary N) is 1. The molecule has 0 aliphatic carbocycles. The molecule has 0 fully saturated rings. The monoisotopic (exact) mass is 497 g/mol. The van der Waals surface area contributed by atoms with Crippen LogP contribution < -0.4 is 10.1 Å². The van der Waals surface area contributed by atoms with Gasteiger partial charge in [-0.2, -0.15) is 0 Å². The molecule has 35 heavy (non-hydrogen) atoms. The number of unbranched alkanes of at least 4 members (excludes halogenated alkanes) is 20. The third kappa shape index (κ3) is 29.2. The first-order chi connectivity index (χ1) is 17.2. The molecule has 208 valence electrons. The average Bonchev–Trinajstić information content (AvgIpc) is 2.86. The molecule has 0 rings (SSSR count). The average molecular weight is 498 g/mol. The van der Waals surface area contributed by atoms with Gasteiger partial charge in [0.15, 0.2) is 0 Å². The molecular weight excluding hydrogens is 438 g/mol. The van der Waals surface area contributed by atoms with Crippen LogP contribution in [0.1, 0.15) is 161 Å². The number of hydrogen-bond acceptors (Lipinski definition) is 3. The van der Waals surface area contributed by atoms with Gasteiger partial charge in [-0.1, -0.05) is 122 Å². The molecule has 0 saturated carbocycles. The van der Waals surface area contributed by atoms with Crippen LogP contribution in [-0.4, -0.2) is 41.7 Å². The molecule has 0 radical (unpaired) electrons. The van der Waals surface area contributed by atoms with E-state index in [1.54, 1.807) is 0 Å². The van der Waals surface area contributed by atoms with Crippen LogP contribution in [0.4, 0.5) is 0 Å². The second-order valence-electron chi connectivity index (χ2n) is 10.4. The van der Waals surface area contributed by atoms with E-state index in [9.17, 15) is 15.0 Å². The molecule has 0 bridgehead atoms. The van der Waals surface area contributed by atoms with Crippen molar-refractivity contribution in [3.8, 4) is 0 Å². The Kier molecular flexibility index (Phi) is 28.5. The maximum Gasteiger partial charge on any atom is 0.332 e. The van der Waals surface area contributed by atoms with Crippen molar-refractivity contribution < 1.29 is 25.1 Å². The van der Waals surface area contributed by atoms with Crippen LogP contribution in [0, 0.1) is 0 Å². The second kappa shape index (κ2) is 29.3. The molecule has 5 nitrogen and oxygen atoms in total. The summed E-state index contributed by atoms with van der Waals surface area (Å²) in [4.78, 5) is 14.8. The van der Waals surface area contributed by atoms with Gasteiger partial charge in [-0.05, 0) is 25.7 Å². The Balaban J connectivity index is 3.21. The quantitative estimate of drug-likeness (QED) is 0.0702. The van der Waals surface area contributed by atoms with E-state index in [2.05, 4.69) is 4.99 Å². The summed E-state index contributed by atoms with van der Waals surface area (Å²) in [5.74, 6) is 0.738. The highest BCUT2D eigenvalue weighted by Gasteiger charge is 2.03. The molecule has 3 N–H and O–H groups in total. The zero-order valence-electron chi connectivity index (χ0n) is 23.0. The predicted molar refractivity (Wildman–Crippen MR) is 146 cm³/mol. The molecule has 5 heteroatoms. The van der Waals surface area contributed by atoms with Crippen molar-refractivity contribution in [2.45, 2.75) is 161 Å². The smallest absolute Gasteiger partial charge is 0.332 e. The highest BCUT2D eigenvalue weighted by molar-refractivity contribution is 5.78. The molecule has 0 atom stereocenters. The van der Waals surface area contributed by atoms with E-state index in [1.807, 2.05) is 0 Å². The topological polar surface area (TPSA) is 94.6 Å². The summed E-state index contributed by atoms with van der Waals surface area (Å²) in [5, 5.41) is 28.6. The lowest BCUT2D eigenvalue weighted by atomic mass is 10.0. The number of carbonyl (C=O) groups is 1. The highest BCUT2D eigenvalue weighted by atomic mass is 16.3. The number of ketones is 1. The van der Waals surface area contributed by atoms with Gasteiger partial charge in [-0.25, -0.2) is 4.99 Å². The van der Waals surface area contributed by atoms with Crippen molar-refractivity contribution in [2.75, 3.05) is 19.8 Å². The Hall–Kier alpha value is -0.940. The standard InChI is InChI=1S/C30H58NO4/c32-27-22-18-14-10-6-2-4-8-12-16-20-24-29(34)23-19-15-11-7-3-1-5-9-13-17-21-25-30(35)31-26-28-33/h32H,1-28H2,(H,31,35)/q-1/p+1. The number of aliphatic hydroxyl groups excluding tert-OH is 2. The zero-order chi connectivity index (χ0) is 25.7. The maximum atomic E-state index is 12.0. The summed E-state index contributed by atoms with van der Waals surface area (Å²) in [6.07, 6.45) is 29.2. The number of Topliss-reactive ketones (excluding diaryl/α,β-unsaturated/α-hetero) is 1. The molecule has 0 aromatic rings. The third-order valence-corrected chi connectivity index (χ3v) is 6.91. The Labute approximate surface area is 217 Å². The lowest BCUT2D eigenvalue weighted by Gasteiger charge is -2.04. The van der Waals surface area contributed by atoms with Crippen molar-refractivity contribution >= 4 is 11.7 Å². The van der Waals surface area contributed by atoms with Gasteiger partial charge in [0.05, 0.1) is 6.42 Å². The largest absolute Gasteiger partial charge is 0.850 e. The number of aliphatic hydroxyl groups is 2. The summed E-state index contributed by atoms with van der Waals surface area (Å²) in [6.45, 7) is 0.458. The van der Waals surface area contributed by atoms with Crippen LogP contribution >= 0.6 is 0 Å². The van der Waals surface area contributed by atoms with Crippen LogP contribution in [0.25, 0.3) is 0 Å². The molecule has 0 aliphatic rings. The fourth-order valence-electron chi connectivity index (χ4n) is 4.64. The van der Waals surface area contributed by atoms with Gasteiger partial charge in [-0.3, -0.25) is 4.79 Å². The van der Waals surface area contributed by atoms with Crippen molar-refractivity contribution in [2.24, 2.45) is 0 Å². The normalized spacial score (nSPS) is 11.9. The van der Waals surface area contributed by atoms with Gasteiger partial charge in [0.25, 0.3) is 0 Å². The number of hydrogen-bond donors (Lipinski definition) is 3. The second-order valence-corrected chi connectivity index (χ2v) is 10.4. The molecule has 0 heterocycles. The van der Waals surface area contributed by atoms with Crippen LogP contribution in [0.5, 0.6) is 0 Å². The fourth-order valence-corrected chi connectivity index (χ4v) is 4.64. The molecule has 0 aromatic carbocycles. The van der Waals surface area contributed by atoms with E-state index < -0.39 is 0 Å².